The zero-order valence-corrected chi connectivity index (χ0v) is 9.60. The average Bonchev–Trinajstić information content (AvgIpc) is 2.31. The van der Waals surface area contributed by atoms with E-state index in [4.69, 9.17) is 4.74 Å². The molecule has 0 fully saturated rings. The maximum atomic E-state index is 11.1. The van der Waals surface area contributed by atoms with Gasteiger partial charge in [0.05, 0.1) is 7.11 Å². The highest BCUT2D eigenvalue weighted by Gasteiger charge is 2.14. The number of carbonyl (C=O) groups is 1. The first kappa shape index (κ1) is 12.3. The van der Waals surface area contributed by atoms with E-state index in [1.54, 1.807) is 6.92 Å². The Labute approximate surface area is 95.7 Å². The van der Waals surface area contributed by atoms with Crippen molar-refractivity contribution in [3.63, 3.8) is 0 Å². The fourth-order valence-electron chi connectivity index (χ4n) is 1.29. The standard InChI is InChI=1S/C13H16O3/c1-4-5-11-6-8-12(9-7-11)16-10(2)13(14)15-3/h4,6-10H,1,5H2,2-3H3. The maximum Gasteiger partial charge on any atom is 0.346 e. The van der Waals surface area contributed by atoms with Crippen LogP contribution in [0.1, 0.15) is 12.5 Å². The maximum absolute atomic E-state index is 11.1. The number of hydrogen-bond acceptors (Lipinski definition) is 3. The highest BCUT2D eigenvalue weighted by molar-refractivity contribution is 5.74. The smallest absolute Gasteiger partial charge is 0.346 e. The Hall–Kier alpha value is -1.77. The predicted molar refractivity (Wildman–Crippen MR) is 62.4 cm³/mol. The molecule has 0 amide bonds. The summed E-state index contributed by atoms with van der Waals surface area (Å²) in [4.78, 5) is 11.1. The molecule has 0 radical (unpaired) electrons. The topological polar surface area (TPSA) is 35.5 Å². The minimum atomic E-state index is -0.588. The van der Waals surface area contributed by atoms with Gasteiger partial charge in [-0.15, -0.1) is 6.58 Å². The van der Waals surface area contributed by atoms with Crippen molar-refractivity contribution in [2.45, 2.75) is 19.4 Å². The molecule has 16 heavy (non-hydrogen) atoms. The van der Waals surface area contributed by atoms with Crippen molar-refractivity contribution in [1.82, 2.24) is 0 Å². The van der Waals surface area contributed by atoms with Crippen molar-refractivity contribution in [2.75, 3.05) is 7.11 Å². The van der Waals surface area contributed by atoms with E-state index in [1.165, 1.54) is 7.11 Å². The van der Waals surface area contributed by atoms with E-state index in [0.717, 1.165) is 12.0 Å². The first-order valence-electron chi connectivity index (χ1n) is 5.11. The summed E-state index contributed by atoms with van der Waals surface area (Å²) in [6.45, 7) is 5.32. The van der Waals surface area contributed by atoms with Gasteiger partial charge in [0.25, 0.3) is 0 Å². The van der Waals surface area contributed by atoms with Crippen LogP contribution in [-0.2, 0) is 16.0 Å². The molecule has 0 aromatic heterocycles. The number of allylic oxidation sites excluding steroid dienone is 1. The summed E-state index contributed by atoms with van der Waals surface area (Å²) < 4.78 is 9.97. The Morgan fingerprint density at radius 3 is 2.56 bits per heavy atom. The molecule has 1 unspecified atom stereocenters. The molecule has 1 atom stereocenters. The van der Waals surface area contributed by atoms with Gasteiger partial charge in [-0.3, -0.25) is 0 Å². The molecule has 0 heterocycles. The number of hydrogen-bond donors (Lipinski definition) is 0. The van der Waals surface area contributed by atoms with Crippen LogP contribution in [0.25, 0.3) is 0 Å². The summed E-state index contributed by atoms with van der Waals surface area (Å²) in [6, 6.07) is 7.55. The molecule has 1 rings (SSSR count). The Bertz CT molecular complexity index is 354. The lowest BCUT2D eigenvalue weighted by Crippen LogP contribution is -2.24. The third-order valence-corrected chi connectivity index (χ3v) is 2.15. The molecule has 1 aromatic carbocycles. The molecular weight excluding hydrogens is 204 g/mol. The predicted octanol–water partition coefficient (Wildman–Crippen LogP) is 2.36. The van der Waals surface area contributed by atoms with Gasteiger partial charge in [0, 0.05) is 0 Å². The van der Waals surface area contributed by atoms with Gasteiger partial charge < -0.3 is 9.47 Å². The van der Waals surface area contributed by atoms with Crippen molar-refractivity contribution in [3.8, 4) is 5.75 Å². The monoisotopic (exact) mass is 220 g/mol. The number of carbonyl (C=O) groups excluding carboxylic acids is 1. The summed E-state index contributed by atoms with van der Waals surface area (Å²) in [5.74, 6) is 0.279. The molecule has 0 aliphatic rings. The van der Waals surface area contributed by atoms with Gasteiger partial charge in [-0.05, 0) is 31.0 Å². The number of esters is 1. The molecule has 0 spiro atoms. The van der Waals surface area contributed by atoms with Crippen LogP contribution in [-0.4, -0.2) is 19.2 Å². The second-order valence-electron chi connectivity index (χ2n) is 3.42. The second-order valence-corrected chi connectivity index (χ2v) is 3.42. The Morgan fingerprint density at radius 1 is 1.44 bits per heavy atom. The molecule has 3 heteroatoms. The van der Waals surface area contributed by atoms with Gasteiger partial charge >= 0.3 is 5.97 Å². The third kappa shape index (κ3) is 3.42. The summed E-state index contributed by atoms with van der Waals surface area (Å²) in [7, 11) is 1.34. The minimum absolute atomic E-state index is 0.379. The Balaban J connectivity index is 2.61. The van der Waals surface area contributed by atoms with E-state index in [9.17, 15) is 4.79 Å². The fourth-order valence-corrected chi connectivity index (χ4v) is 1.29. The molecule has 0 saturated carbocycles. The lowest BCUT2D eigenvalue weighted by molar-refractivity contribution is -0.147. The van der Waals surface area contributed by atoms with Crippen molar-refractivity contribution in [3.05, 3.63) is 42.5 Å². The van der Waals surface area contributed by atoms with E-state index >= 15 is 0 Å². The zero-order valence-electron chi connectivity index (χ0n) is 9.60. The van der Waals surface area contributed by atoms with E-state index in [1.807, 2.05) is 30.3 Å². The summed E-state index contributed by atoms with van der Waals surface area (Å²) in [5.41, 5.74) is 1.16. The zero-order chi connectivity index (χ0) is 12.0. The van der Waals surface area contributed by atoms with E-state index in [0.29, 0.717) is 5.75 Å². The molecule has 0 bridgehead atoms. The van der Waals surface area contributed by atoms with Gasteiger partial charge in [0.2, 0.25) is 0 Å². The highest BCUT2D eigenvalue weighted by Crippen LogP contribution is 2.14. The first-order chi connectivity index (χ1) is 7.67. The highest BCUT2D eigenvalue weighted by atomic mass is 16.6. The molecule has 86 valence electrons. The van der Waals surface area contributed by atoms with Gasteiger partial charge in [-0.25, -0.2) is 4.79 Å². The molecular formula is C13H16O3. The molecule has 0 saturated heterocycles. The molecule has 1 aromatic rings. The van der Waals surface area contributed by atoms with Crippen LogP contribution in [0.2, 0.25) is 0 Å². The third-order valence-electron chi connectivity index (χ3n) is 2.15. The Morgan fingerprint density at radius 2 is 2.06 bits per heavy atom. The molecule has 0 aliphatic heterocycles. The lowest BCUT2D eigenvalue weighted by atomic mass is 10.1. The lowest BCUT2D eigenvalue weighted by Gasteiger charge is -2.12. The van der Waals surface area contributed by atoms with Crippen LogP contribution in [0.15, 0.2) is 36.9 Å². The van der Waals surface area contributed by atoms with Crippen LogP contribution in [0, 0.1) is 0 Å². The molecule has 0 aliphatic carbocycles. The normalized spacial score (nSPS) is 11.6. The van der Waals surface area contributed by atoms with Gasteiger partial charge in [0.15, 0.2) is 6.10 Å². The van der Waals surface area contributed by atoms with Crippen molar-refractivity contribution in [2.24, 2.45) is 0 Å². The number of ether oxygens (including phenoxy) is 2. The van der Waals surface area contributed by atoms with Crippen LogP contribution >= 0.6 is 0 Å². The number of methoxy groups -OCH3 is 1. The summed E-state index contributed by atoms with van der Waals surface area (Å²) in [5, 5.41) is 0. The van der Waals surface area contributed by atoms with Gasteiger partial charge in [-0.2, -0.15) is 0 Å². The van der Waals surface area contributed by atoms with E-state index in [-0.39, 0.29) is 5.97 Å². The fraction of sp³-hybridized carbons (Fsp3) is 0.308. The van der Waals surface area contributed by atoms with Crippen LogP contribution in [0.5, 0.6) is 5.75 Å². The largest absolute Gasteiger partial charge is 0.479 e. The average molecular weight is 220 g/mol. The van der Waals surface area contributed by atoms with Crippen molar-refractivity contribution >= 4 is 5.97 Å². The van der Waals surface area contributed by atoms with E-state index < -0.39 is 6.10 Å². The van der Waals surface area contributed by atoms with E-state index in [2.05, 4.69) is 11.3 Å². The van der Waals surface area contributed by atoms with Crippen LogP contribution < -0.4 is 4.74 Å². The summed E-state index contributed by atoms with van der Waals surface area (Å²) >= 11 is 0. The molecule has 0 N–H and O–H groups in total. The minimum Gasteiger partial charge on any atom is -0.479 e. The molecule has 3 nitrogen and oxygen atoms in total. The van der Waals surface area contributed by atoms with Crippen LogP contribution in [0.3, 0.4) is 0 Å². The summed E-state index contributed by atoms with van der Waals surface area (Å²) in [6.07, 6.45) is 2.08. The van der Waals surface area contributed by atoms with Crippen molar-refractivity contribution < 1.29 is 14.3 Å². The Kier molecular flexibility index (Phi) is 4.58. The van der Waals surface area contributed by atoms with Crippen molar-refractivity contribution in [1.29, 1.82) is 0 Å². The number of benzene rings is 1. The van der Waals surface area contributed by atoms with Gasteiger partial charge in [-0.1, -0.05) is 18.2 Å². The quantitative estimate of drug-likeness (QED) is 0.564. The number of rotatable bonds is 5. The van der Waals surface area contributed by atoms with Crippen LogP contribution in [0.4, 0.5) is 0 Å². The van der Waals surface area contributed by atoms with Gasteiger partial charge in [0.1, 0.15) is 5.75 Å². The SMILES string of the molecule is C=CCc1ccc(OC(C)C(=O)OC)cc1. The first-order valence-corrected chi connectivity index (χ1v) is 5.11. The second kappa shape index (κ2) is 5.95.